The molecular formula is C22H18F3N3O2S. The van der Waals surface area contributed by atoms with Gasteiger partial charge in [0.2, 0.25) is 5.91 Å². The van der Waals surface area contributed by atoms with Crippen molar-refractivity contribution in [2.45, 2.75) is 36.3 Å². The molecule has 3 aromatic rings. The van der Waals surface area contributed by atoms with Crippen LogP contribution in [0.3, 0.4) is 0 Å². The maximum Gasteiger partial charge on any atom is 0.416 e. The Morgan fingerprint density at radius 2 is 1.81 bits per heavy atom. The van der Waals surface area contributed by atoms with E-state index in [4.69, 9.17) is 0 Å². The first-order valence-electron chi connectivity index (χ1n) is 9.51. The second-order valence-electron chi connectivity index (χ2n) is 7.24. The minimum absolute atomic E-state index is 0.00858. The number of carbonyl (C=O) groups is 1. The Labute approximate surface area is 180 Å². The molecular weight excluding hydrogens is 427 g/mol. The summed E-state index contributed by atoms with van der Waals surface area (Å²) < 4.78 is 40.6. The number of halogens is 3. The van der Waals surface area contributed by atoms with Gasteiger partial charge in [-0.3, -0.25) is 9.59 Å². The summed E-state index contributed by atoms with van der Waals surface area (Å²) in [6.07, 6.45) is -4.87. The summed E-state index contributed by atoms with van der Waals surface area (Å²) in [5.41, 5.74) is 0.661. The zero-order chi connectivity index (χ0) is 22.2. The summed E-state index contributed by atoms with van der Waals surface area (Å²) >= 11 is 1.28. The Balaban J connectivity index is 1.72. The van der Waals surface area contributed by atoms with Crippen LogP contribution in [0.2, 0.25) is 0 Å². The van der Waals surface area contributed by atoms with Gasteiger partial charge >= 0.3 is 6.18 Å². The van der Waals surface area contributed by atoms with E-state index >= 15 is 0 Å². The first-order valence-corrected chi connectivity index (χ1v) is 10.5. The van der Waals surface area contributed by atoms with E-state index in [9.17, 15) is 22.8 Å². The fraction of sp³-hybridized carbons (Fsp3) is 0.227. The van der Waals surface area contributed by atoms with Gasteiger partial charge in [-0.05, 0) is 29.7 Å². The number of fused-ring (bicyclic) bond motifs is 1. The molecule has 4 rings (SSSR count). The van der Waals surface area contributed by atoms with Crippen LogP contribution in [0.1, 0.15) is 40.2 Å². The highest BCUT2D eigenvalue weighted by Gasteiger charge is 2.39. The number of nitrogens with zero attached hydrogens (tertiary/aromatic N) is 1. The van der Waals surface area contributed by atoms with Crippen molar-refractivity contribution in [3.05, 3.63) is 86.7 Å². The molecule has 1 atom stereocenters. The third-order valence-electron chi connectivity index (χ3n) is 5.20. The van der Waals surface area contributed by atoms with Gasteiger partial charge in [-0.1, -0.05) is 54.2 Å². The molecule has 1 aliphatic rings. The van der Waals surface area contributed by atoms with Crippen LogP contribution >= 0.6 is 11.8 Å². The van der Waals surface area contributed by atoms with E-state index in [-0.39, 0.29) is 28.5 Å². The van der Waals surface area contributed by atoms with Crippen LogP contribution < -0.4 is 10.9 Å². The number of amides is 1. The molecule has 5 nitrogen and oxygen atoms in total. The summed E-state index contributed by atoms with van der Waals surface area (Å²) in [5.74, 6) is -0.965. The van der Waals surface area contributed by atoms with Crippen molar-refractivity contribution in [2.75, 3.05) is 5.32 Å². The minimum atomic E-state index is -4.60. The van der Waals surface area contributed by atoms with Crippen LogP contribution in [0.15, 0.2) is 58.5 Å². The molecule has 0 spiro atoms. The van der Waals surface area contributed by atoms with Crippen LogP contribution in [-0.4, -0.2) is 15.9 Å². The number of H-pyrrole nitrogens is 1. The molecule has 0 aliphatic carbocycles. The number of benzene rings is 2. The van der Waals surface area contributed by atoms with Crippen molar-refractivity contribution in [1.82, 2.24) is 9.97 Å². The molecule has 1 aliphatic heterocycles. The smallest absolute Gasteiger partial charge is 0.310 e. The van der Waals surface area contributed by atoms with Gasteiger partial charge < -0.3 is 10.3 Å². The Morgan fingerprint density at radius 3 is 2.55 bits per heavy atom. The zero-order valence-electron chi connectivity index (χ0n) is 16.4. The number of hydrogen-bond acceptors (Lipinski definition) is 4. The fourth-order valence-electron chi connectivity index (χ4n) is 3.66. The number of anilines is 1. The SMILES string of the molecule is Cc1ccccc1CSc1nc2c(c(=O)[nH]1)C(c1ccccc1C(F)(F)F)CC(=O)N2. The van der Waals surface area contributed by atoms with Crippen molar-refractivity contribution in [3.8, 4) is 0 Å². The molecule has 0 fully saturated rings. The van der Waals surface area contributed by atoms with Crippen molar-refractivity contribution < 1.29 is 18.0 Å². The number of aromatic amines is 1. The summed E-state index contributed by atoms with van der Waals surface area (Å²) in [7, 11) is 0. The van der Waals surface area contributed by atoms with E-state index in [2.05, 4.69) is 15.3 Å². The number of rotatable bonds is 4. The predicted molar refractivity (Wildman–Crippen MR) is 112 cm³/mol. The van der Waals surface area contributed by atoms with Crippen LogP contribution in [0.4, 0.5) is 19.0 Å². The Kier molecular flexibility index (Phi) is 5.62. The Morgan fingerprint density at radius 1 is 1.10 bits per heavy atom. The monoisotopic (exact) mass is 445 g/mol. The average Bonchev–Trinajstić information content (AvgIpc) is 2.71. The normalized spacial score (nSPS) is 16.0. The molecule has 2 heterocycles. The van der Waals surface area contributed by atoms with E-state index in [0.29, 0.717) is 5.75 Å². The van der Waals surface area contributed by atoms with Gasteiger partial charge in [0.05, 0.1) is 11.1 Å². The lowest BCUT2D eigenvalue weighted by atomic mass is 9.84. The van der Waals surface area contributed by atoms with Crippen molar-refractivity contribution in [3.63, 3.8) is 0 Å². The summed E-state index contributed by atoms with van der Waals surface area (Å²) in [4.78, 5) is 32.1. The maximum atomic E-state index is 13.5. The van der Waals surface area contributed by atoms with Crippen molar-refractivity contribution >= 4 is 23.5 Å². The van der Waals surface area contributed by atoms with E-state index < -0.39 is 29.1 Å². The second-order valence-corrected chi connectivity index (χ2v) is 8.20. The quantitative estimate of drug-likeness (QED) is 0.444. The van der Waals surface area contributed by atoms with Gasteiger partial charge in [0.15, 0.2) is 5.16 Å². The number of alkyl halides is 3. The van der Waals surface area contributed by atoms with E-state index in [1.807, 2.05) is 31.2 Å². The highest BCUT2D eigenvalue weighted by atomic mass is 32.2. The third kappa shape index (κ3) is 4.36. The second kappa shape index (κ2) is 8.22. The molecule has 0 saturated carbocycles. The summed E-state index contributed by atoms with van der Waals surface area (Å²) in [6, 6.07) is 12.8. The number of carbonyl (C=O) groups excluding carboxylic acids is 1. The molecule has 160 valence electrons. The lowest BCUT2D eigenvalue weighted by Gasteiger charge is -2.26. The van der Waals surface area contributed by atoms with Crippen molar-refractivity contribution in [2.24, 2.45) is 0 Å². The summed E-state index contributed by atoms with van der Waals surface area (Å²) in [5, 5.41) is 2.83. The lowest BCUT2D eigenvalue weighted by Crippen LogP contribution is -2.32. The first kappa shape index (κ1) is 21.2. The number of thioether (sulfide) groups is 1. The van der Waals surface area contributed by atoms with Gasteiger partial charge in [-0.2, -0.15) is 13.2 Å². The fourth-order valence-corrected chi connectivity index (χ4v) is 4.60. The molecule has 31 heavy (non-hydrogen) atoms. The maximum absolute atomic E-state index is 13.5. The van der Waals surface area contributed by atoms with Gasteiger partial charge in [-0.25, -0.2) is 4.98 Å². The van der Waals surface area contributed by atoms with Crippen LogP contribution in [-0.2, 0) is 16.7 Å². The van der Waals surface area contributed by atoms with Gasteiger partial charge in [0.1, 0.15) is 5.82 Å². The minimum Gasteiger partial charge on any atom is -0.310 e. The standard InChI is InChI=1S/C22H18F3N3O2S/c1-12-6-2-3-7-13(12)11-31-21-27-19-18(20(30)28-21)15(10-17(29)26-19)14-8-4-5-9-16(14)22(23,24)25/h2-9,15H,10-11H2,1H3,(H2,26,27,28,29,30). The summed E-state index contributed by atoms with van der Waals surface area (Å²) in [6.45, 7) is 1.97. The number of nitrogens with one attached hydrogen (secondary N) is 2. The topological polar surface area (TPSA) is 74.8 Å². The van der Waals surface area contributed by atoms with Crippen LogP contribution in [0.5, 0.6) is 0 Å². The molecule has 2 aromatic carbocycles. The van der Waals surface area contributed by atoms with Gasteiger partial charge in [0, 0.05) is 18.1 Å². The van der Waals surface area contributed by atoms with Gasteiger partial charge in [0.25, 0.3) is 5.56 Å². The lowest BCUT2D eigenvalue weighted by molar-refractivity contribution is -0.138. The van der Waals surface area contributed by atoms with E-state index in [0.717, 1.165) is 17.2 Å². The first-order chi connectivity index (χ1) is 14.7. The van der Waals surface area contributed by atoms with Crippen LogP contribution in [0, 0.1) is 6.92 Å². The molecule has 0 saturated heterocycles. The molecule has 0 bridgehead atoms. The predicted octanol–water partition coefficient (Wildman–Crippen LogP) is 4.86. The molecule has 0 radical (unpaired) electrons. The average molecular weight is 445 g/mol. The van der Waals surface area contributed by atoms with E-state index in [1.54, 1.807) is 0 Å². The number of aryl methyl sites for hydroxylation is 1. The largest absolute Gasteiger partial charge is 0.416 e. The molecule has 1 unspecified atom stereocenters. The molecule has 1 amide bonds. The molecule has 2 N–H and O–H groups in total. The Bertz CT molecular complexity index is 1210. The van der Waals surface area contributed by atoms with Crippen molar-refractivity contribution in [1.29, 1.82) is 0 Å². The highest BCUT2D eigenvalue weighted by molar-refractivity contribution is 7.98. The molecule has 1 aromatic heterocycles. The van der Waals surface area contributed by atoms with Crippen LogP contribution in [0.25, 0.3) is 0 Å². The van der Waals surface area contributed by atoms with Gasteiger partial charge in [-0.15, -0.1) is 0 Å². The highest BCUT2D eigenvalue weighted by Crippen LogP contribution is 2.41. The molecule has 9 heteroatoms. The Hall–Kier alpha value is -3.07. The van der Waals surface area contributed by atoms with E-state index in [1.165, 1.54) is 30.0 Å². The third-order valence-corrected chi connectivity index (χ3v) is 6.12. The zero-order valence-corrected chi connectivity index (χ0v) is 17.2. The number of aromatic nitrogens is 2. The number of hydrogen-bond donors (Lipinski definition) is 2.